The van der Waals surface area contributed by atoms with Gasteiger partial charge in [0, 0.05) is 22.6 Å². The Bertz CT molecular complexity index is 1150. The Kier molecular flexibility index (Phi) is 7.55. The lowest BCUT2D eigenvalue weighted by Crippen LogP contribution is -2.42. The van der Waals surface area contributed by atoms with Crippen molar-refractivity contribution in [1.29, 1.82) is 0 Å². The van der Waals surface area contributed by atoms with E-state index in [1.807, 2.05) is 18.2 Å². The van der Waals surface area contributed by atoms with Crippen LogP contribution in [0.3, 0.4) is 0 Å². The number of hydrogen-bond donors (Lipinski definition) is 1. The third kappa shape index (κ3) is 5.85. The number of thioether (sulfide) groups is 1. The molecule has 174 valence electrons. The maximum absolute atomic E-state index is 13.3. The Hall–Kier alpha value is -2.17. The summed E-state index contributed by atoms with van der Waals surface area (Å²) in [5.41, 5.74) is 0.647. The number of anilines is 1. The zero-order chi connectivity index (χ0) is 23.4. The fourth-order valence-electron chi connectivity index (χ4n) is 4.02. The minimum Gasteiger partial charge on any atom is -0.326 e. The molecule has 7 nitrogen and oxygen atoms in total. The van der Waals surface area contributed by atoms with Gasteiger partial charge in [-0.3, -0.25) is 14.5 Å². The SMILES string of the molecule is O=C(CC1S/C(=N/S(=O)(=O)c2ccc(Br)cc2)N(C2CCCCC2)C1=O)Nc1ccccc1. The molecule has 1 N–H and O–H groups in total. The van der Waals surface area contributed by atoms with Gasteiger partial charge in [0.2, 0.25) is 11.8 Å². The molecule has 1 aliphatic heterocycles. The van der Waals surface area contributed by atoms with Crippen molar-refractivity contribution in [2.75, 3.05) is 5.32 Å². The summed E-state index contributed by atoms with van der Waals surface area (Å²) in [6, 6.07) is 15.1. The molecule has 1 saturated carbocycles. The van der Waals surface area contributed by atoms with Gasteiger partial charge in [0.05, 0.1) is 4.90 Å². The van der Waals surface area contributed by atoms with Gasteiger partial charge in [-0.05, 0) is 49.2 Å². The summed E-state index contributed by atoms with van der Waals surface area (Å²) in [7, 11) is -4.00. The zero-order valence-corrected chi connectivity index (χ0v) is 21.0. The predicted molar refractivity (Wildman–Crippen MR) is 134 cm³/mol. The molecular formula is C23H24BrN3O4S2. The van der Waals surface area contributed by atoms with E-state index in [9.17, 15) is 18.0 Å². The number of amides is 2. The van der Waals surface area contributed by atoms with Gasteiger partial charge in [-0.1, -0.05) is 65.2 Å². The van der Waals surface area contributed by atoms with E-state index in [2.05, 4.69) is 25.6 Å². The van der Waals surface area contributed by atoms with Crippen LogP contribution >= 0.6 is 27.7 Å². The van der Waals surface area contributed by atoms with E-state index >= 15 is 0 Å². The summed E-state index contributed by atoms with van der Waals surface area (Å²) >= 11 is 4.36. The van der Waals surface area contributed by atoms with Crippen LogP contribution in [-0.4, -0.2) is 41.6 Å². The summed E-state index contributed by atoms with van der Waals surface area (Å²) < 4.78 is 30.8. The van der Waals surface area contributed by atoms with Gasteiger partial charge in [-0.25, -0.2) is 0 Å². The molecule has 0 spiro atoms. The Morgan fingerprint density at radius 1 is 1.06 bits per heavy atom. The van der Waals surface area contributed by atoms with Crippen LogP contribution in [0.25, 0.3) is 0 Å². The second kappa shape index (κ2) is 10.4. The Labute approximate surface area is 206 Å². The number of nitrogens with zero attached hydrogens (tertiary/aromatic N) is 2. The van der Waals surface area contributed by atoms with Crippen LogP contribution in [0, 0.1) is 0 Å². The quantitative estimate of drug-likeness (QED) is 0.558. The number of para-hydroxylation sites is 1. The van der Waals surface area contributed by atoms with Crippen molar-refractivity contribution < 1.29 is 18.0 Å². The minimum absolute atomic E-state index is 0.0557. The zero-order valence-electron chi connectivity index (χ0n) is 17.8. The van der Waals surface area contributed by atoms with Gasteiger partial charge in [-0.15, -0.1) is 4.40 Å². The molecule has 10 heteroatoms. The molecule has 2 aromatic carbocycles. The van der Waals surface area contributed by atoms with Crippen molar-refractivity contribution in [1.82, 2.24) is 4.90 Å². The molecule has 1 heterocycles. The molecule has 0 aromatic heterocycles. The second-order valence-electron chi connectivity index (χ2n) is 8.03. The predicted octanol–water partition coefficient (Wildman–Crippen LogP) is 4.80. The fourth-order valence-corrected chi connectivity index (χ4v) is 6.68. The number of carbonyl (C=O) groups excluding carboxylic acids is 2. The van der Waals surface area contributed by atoms with E-state index in [-0.39, 0.29) is 34.3 Å². The van der Waals surface area contributed by atoms with Gasteiger partial charge in [0.25, 0.3) is 10.0 Å². The lowest BCUT2D eigenvalue weighted by Gasteiger charge is -2.30. The van der Waals surface area contributed by atoms with Crippen LogP contribution in [0.5, 0.6) is 0 Å². The number of carbonyl (C=O) groups is 2. The average Bonchev–Trinajstić information content (AvgIpc) is 3.09. The Balaban J connectivity index is 1.58. The third-order valence-corrected chi connectivity index (χ3v) is 8.72. The molecule has 0 bridgehead atoms. The van der Waals surface area contributed by atoms with Crippen LogP contribution in [0.1, 0.15) is 38.5 Å². The van der Waals surface area contributed by atoms with Gasteiger partial charge in [-0.2, -0.15) is 8.42 Å². The summed E-state index contributed by atoms with van der Waals surface area (Å²) in [6.07, 6.45) is 4.59. The molecular weight excluding hydrogens is 526 g/mol. The van der Waals surface area contributed by atoms with Crippen LogP contribution in [-0.2, 0) is 19.6 Å². The van der Waals surface area contributed by atoms with Crippen LogP contribution in [0.15, 0.2) is 68.4 Å². The summed E-state index contributed by atoms with van der Waals surface area (Å²) in [4.78, 5) is 27.5. The van der Waals surface area contributed by atoms with Gasteiger partial charge < -0.3 is 5.32 Å². The molecule has 1 unspecified atom stereocenters. The Morgan fingerprint density at radius 2 is 1.73 bits per heavy atom. The van der Waals surface area contributed by atoms with E-state index in [1.165, 1.54) is 17.0 Å². The van der Waals surface area contributed by atoms with Gasteiger partial charge in [0.15, 0.2) is 5.17 Å². The van der Waals surface area contributed by atoms with Crippen LogP contribution in [0.2, 0.25) is 0 Å². The molecule has 2 aliphatic rings. The molecule has 4 rings (SSSR count). The summed E-state index contributed by atoms with van der Waals surface area (Å²) in [5.74, 6) is -0.549. The topological polar surface area (TPSA) is 95.9 Å². The highest BCUT2D eigenvalue weighted by Gasteiger charge is 2.43. The molecule has 1 aliphatic carbocycles. The Morgan fingerprint density at radius 3 is 2.39 bits per heavy atom. The molecule has 33 heavy (non-hydrogen) atoms. The van der Waals surface area contributed by atoms with E-state index in [1.54, 1.807) is 24.3 Å². The average molecular weight is 551 g/mol. The highest BCUT2D eigenvalue weighted by atomic mass is 79.9. The number of nitrogens with one attached hydrogen (secondary N) is 1. The van der Waals surface area contributed by atoms with Crippen molar-refractivity contribution in [3.8, 4) is 0 Å². The standard InChI is InChI=1S/C23H24BrN3O4S2/c24-16-11-13-19(14-12-16)33(30,31)26-23-27(18-9-5-2-6-10-18)22(29)20(32-23)15-21(28)25-17-7-3-1-4-8-17/h1,3-4,7-8,11-14,18,20H,2,5-6,9-10,15H2,(H,25,28)/b26-23+. The highest BCUT2D eigenvalue weighted by molar-refractivity contribution is 9.10. The smallest absolute Gasteiger partial charge is 0.284 e. The van der Waals surface area contributed by atoms with Crippen molar-refractivity contribution >= 4 is 60.4 Å². The molecule has 2 fully saturated rings. The highest BCUT2D eigenvalue weighted by Crippen LogP contribution is 2.36. The van der Waals surface area contributed by atoms with Crippen molar-refractivity contribution in [3.63, 3.8) is 0 Å². The van der Waals surface area contributed by atoms with Crippen molar-refractivity contribution in [3.05, 3.63) is 59.1 Å². The number of halogens is 1. The lowest BCUT2D eigenvalue weighted by atomic mass is 9.94. The third-order valence-electron chi connectivity index (χ3n) is 5.64. The van der Waals surface area contributed by atoms with Crippen molar-refractivity contribution in [2.45, 2.75) is 54.7 Å². The molecule has 2 amide bonds. The van der Waals surface area contributed by atoms with E-state index < -0.39 is 15.3 Å². The molecule has 1 saturated heterocycles. The van der Waals surface area contributed by atoms with Crippen molar-refractivity contribution in [2.24, 2.45) is 4.40 Å². The lowest BCUT2D eigenvalue weighted by molar-refractivity contribution is -0.130. The first kappa shape index (κ1) is 24.0. The normalized spacial score (nSPS) is 20.9. The number of hydrogen-bond acceptors (Lipinski definition) is 5. The fraction of sp³-hybridized carbons (Fsp3) is 0.348. The first-order valence-corrected chi connectivity index (χ1v) is 13.9. The molecule has 0 radical (unpaired) electrons. The number of benzene rings is 2. The second-order valence-corrected chi connectivity index (χ2v) is 11.7. The van der Waals surface area contributed by atoms with Crippen LogP contribution < -0.4 is 5.32 Å². The molecule has 1 atom stereocenters. The maximum atomic E-state index is 13.3. The van der Waals surface area contributed by atoms with E-state index in [0.717, 1.165) is 48.3 Å². The molecule has 2 aromatic rings. The maximum Gasteiger partial charge on any atom is 0.284 e. The summed E-state index contributed by atoms with van der Waals surface area (Å²) in [5, 5.41) is 2.24. The van der Waals surface area contributed by atoms with Crippen LogP contribution in [0.4, 0.5) is 5.69 Å². The van der Waals surface area contributed by atoms with E-state index in [0.29, 0.717) is 5.69 Å². The number of rotatable bonds is 6. The van der Waals surface area contributed by atoms with Gasteiger partial charge in [0.1, 0.15) is 5.25 Å². The number of sulfonamides is 1. The number of amidine groups is 1. The summed E-state index contributed by atoms with van der Waals surface area (Å²) in [6.45, 7) is 0. The monoisotopic (exact) mass is 549 g/mol. The van der Waals surface area contributed by atoms with E-state index in [4.69, 9.17) is 0 Å². The largest absolute Gasteiger partial charge is 0.326 e. The van der Waals surface area contributed by atoms with Gasteiger partial charge >= 0.3 is 0 Å². The first-order valence-electron chi connectivity index (χ1n) is 10.8. The minimum atomic E-state index is -4.00. The first-order chi connectivity index (χ1) is 15.8.